The van der Waals surface area contributed by atoms with Crippen molar-refractivity contribution < 1.29 is 16.2 Å². The van der Waals surface area contributed by atoms with Crippen LogP contribution in [0.15, 0.2) is 12.1 Å². The Morgan fingerprint density at radius 2 is 1.67 bits per heavy atom. The lowest BCUT2D eigenvalue weighted by Gasteiger charge is -2.05. The molecule has 0 aliphatic carbocycles. The van der Waals surface area contributed by atoms with Gasteiger partial charge in [-0.05, 0) is 22.5 Å². The zero-order valence-corrected chi connectivity index (χ0v) is 8.97. The molecular weight excluding hydrogens is 278 g/mol. The minimum atomic E-state index is -4.76. The fraction of sp³-hybridized carbons (Fsp3) is 0. The summed E-state index contributed by atoms with van der Waals surface area (Å²) in [5.41, 5.74) is 0. The standard InChI is InChI=1S/Cl2F2N3O2PS2/c1-10(2)5-11(3,8)7-12(4,9)6-10. The summed E-state index contributed by atoms with van der Waals surface area (Å²) in [6.45, 7) is 0. The molecule has 12 heteroatoms. The van der Waals surface area contributed by atoms with E-state index in [1.807, 2.05) is 0 Å². The molecular formula is Cl2F2N3O2PS2. The lowest BCUT2D eigenvalue weighted by atomic mass is 13.8. The van der Waals surface area contributed by atoms with Crippen LogP contribution in [0.1, 0.15) is 0 Å². The average molecular weight is 278 g/mol. The summed E-state index contributed by atoms with van der Waals surface area (Å²) in [4.78, 5) is 0. The van der Waals surface area contributed by atoms with Gasteiger partial charge in [-0.2, -0.15) is 8.42 Å². The van der Waals surface area contributed by atoms with Gasteiger partial charge in [-0.15, -0.1) is 16.1 Å². The van der Waals surface area contributed by atoms with Crippen molar-refractivity contribution in [3.8, 4) is 0 Å². The van der Waals surface area contributed by atoms with Gasteiger partial charge >= 0.3 is 20.6 Å². The van der Waals surface area contributed by atoms with Crippen molar-refractivity contribution in [2.45, 2.75) is 0 Å². The molecule has 2 atom stereocenters. The van der Waals surface area contributed by atoms with Crippen LogP contribution in [0.25, 0.3) is 0 Å². The first kappa shape index (κ1) is 10.6. The maximum absolute atomic E-state index is 12.4. The van der Waals surface area contributed by atoms with Gasteiger partial charge in [0.2, 0.25) is 0 Å². The van der Waals surface area contributed by atoms with E-state index in [2.05, 4.69) is 12.1 Å². The first-order valence-electron chi connectivity index (χ1n) is 2.11. The minimum Gasteiger partial charge on any atom is -0.190 e. The van der Waals surface area contributed by atoms with Gasteiger partial charge in [0.05, 0.1) is 0 Å². The van der Waals surface area contributed by atoms with E-state index in [0.717, 1.165) is 0 Å². The molecule has 1 heterocycles. The molecule has 1 rings (SSSR count). The predicted octanol–water partition coefficient (Wildman–Crippen LogP) is 2.96. The van der Waals surface area contributed by atoms with Gasteiger partial charge in [0, 0.05) is 0 Å². The van der Waals surface area contributed by atoms with Crippen LogP contribution in [-0.2, 0) is 20.6 Å². The number of hydrogen-bond acceptors (Lipinski definition) is 3. The molecule has 1 aliphatic heterocycles. The third-order valence-electron chi connectivity index (χ3n) is 0.582. The maximum Gasteiger partial charge on any atom is 0.330 e. The monoisotopic (exact) mass is 277 g/mol. The summed E-state index contributed by atoms with van der Waals surface area (Å²) in [5.74, 6) is -3.78. The molecule has 0 spiro atoms. The molecule has 72 valence electrons. The second kappa shape index (κ2) is 2.78. The van der Waals surface area contributed by atoms with E-state index in [-0.39, 0.29) is 0 Å². The number of nitrogens with zero attached hydrogens (tertiary/aromatic N) is 3. The summed E-state index contributed by atoms with van der Waals surface area (Å²) in [5, 5.41) is 0. The third kappa shape index (κ3) is 2.81. The van der Waals surface area contributed by atoms with Crippen LogP contribution in [0.3, 0.4) is 0 Å². The van der Waals surface area contributed by atoms with Crippen LogP contribution < -0.4 is 0 Å². The van der Waals surface area contributed by atoms with Crippen molar-refractivity contribution in [2.24, 2.45) is 12.1 Å². The Bertz CT molecular complexity index is 474. The van der Waals surface area contributed by atoms with Gasteiger partial charge in [0.1, 0.15) is 0 Å². The normalized spacial score (nSPS) is 45.3. The highest BCUT2D eigenvalue weighted by molar-refractivity contribution is 8.18. The number of hydrogen-bond donors (Lipinski definition) is 0. The molecule has 12 heavy (non-hydrogen) atoms. The van der Waals surface area contributed by atoms with E-state index >= 15 is 0 Å². The Hall–Kier alpha value is 0.570. The van der Waals surface area contributed by atoms with Crippen LogP contribution >= 0.6 is 28.4 Å². The van der Waals surface area contributed by atoms with Crippen LogP contribution in [0, 0.1) is 0 Å². The van der Waals surface area contributed by atoms with Gasteiger partial charge in [0.15, 0.2) is 0 Å². The zero-order valence-electron chi connectivity index (χ0n) is 4.93. The van der Waals surface area contributed by atoms with E-state index in [4.69, 9.17) is 22.5 Å². The molecule has 2 unspecified atom stereocenters. The molecule has 0 saturated carbocycles. The molecule has 0 saturated heterocycles. The van der Waals surface area contributed by atoms with Crippen LogP contribution in [0.5, 0.6) is 0 Å². The fourth-order valence-electron chi connectivity index (χ4n) is 0.400. The SMILES string of the molecule is O=S1(F)=NP(Cl)(Cl)=NS(=O)(F)=N1. The van der Waals surface area contributed by atoms with Crippen LogP contribution in [0.4, 0.5) is 7.77 Å². The highest BCUT2D eigenvalue weighted by Gasteiger charge is 2.27. The topological polar surface area (TPSA) is 71.2 Å². The van der Waals surface area contributed by atoms with E-state index in [1.54, 1.807) is 0 Å². The van der Waals surface area contributed by atoms with Crippen molar-refractivity contribution in [1.82, 2.24) is 0 Å². The first-order valence-corrected chi connectivity index (χ1v) is 8.36. The summed E-state index contributed by atoms with van der Waals surface area (Å²) >= 11 is 10.2. The highest BCUT2D eigenvalue weighted by Crippen LogP contribution is 2.65. The Morgan fingerprint density at radius 3 is 2.00 bits per heavy atom. The van der Waals surface area contributed by atoms with E-state index < -0.39 is 26.5 Å². The van der Waals surface area contributed by atoms with Crippen molar-refractivity contribution in [3.05, 3.63) is 0 Å². The van der Waals surface area contributed by atoms with E-state index in [9.17, 15) is 16.2 Å². The van der Waals surface area contributed by atoms with E-state index in [0.29, 0.717) is 0 Å². The molecule has 0 radical (unpaired) electrons. The largest absolute Gasteiger partial charge is 0.330 e. The quantitative estimate of drug-likeness (QED) is 0.504. The van der Waals surface area contributed by atoms with Crippen molar-refractivity contribution >= 4 is 49.0 Å². The third-order valence-corrected chi connectivity index (χ3v) is 7.46. The second-order valence-corrected chi connectivity index (χ2v) is 9.45. The molecule has 5 nitrogen and oxygen atoms in total. The number of rotatable bonds is 0. The molecule has 0 N–H and O–H groups in total. The minimum absolute atomic E-state index is 2.09. The van der Waals surface area contributed by atoms with Gasteiger partial charge in [0.25, 0.3) is 5.91 Å². The van der Waals surface area contributed by atoms with Crippen molar-refractivity contribution in [3.63, 3.8) is 0 Å². The maximum atomic E-state index is 12.4. The summed E-state index contributed by atoms with van der Waals surface area (Å²) in [7, 11) is -9.51. The molecule has 0 fully saturated rings. The first-order chi connectivity index (χ1) is 5.12. The zero-order chi connectivity index (χ0) is 9.62. The highest BCUT2D eigenvalue weighted by atomic mass is 35.9. The molecule has 0 amide bonds. The molecule has 1 aliphatic rings. The molecule has 0 bridgehead atoms. The van der Waals surface area contributed by atoms with Crippen LogP contribution in [-0.4, -0.2) is 8.42 Å². The van der Waals surface area contributed by atoms with Gasteiger partial charge < -0.3 is 0 Å². The average Bonchev–Trinajstić information content (AvgIpc) is 1.44. The smallest absolute Gasteiger partial charge is 0.190 e. The fourth-order valence-corrected chi connectivity index (χ4v) is 7.15. The van der Waals surface area contributed by atoms with Gasteiger partial charge in [-0.1, -0.05) is 3.77 Å². The van der Waals surface area contributed by atoms with Crippen LogP contribution in [0.2, 0.25) is 0 Å². The Kier molecular flexibility index (Phi) is 2.47. The summed E-state index contributed by atoms with van der Waals surface area (Å²) < 4.78 is 53.0. The number of halogens is 4. The molecule has 0 aromatic carbocycles. The van der Waals surface area contributed by atoms with Crippen molar-refractivity contribution in [1.29, 1.82) is 0 Å². The van der Waals surface area contributed by atoms with Gasteiger partial charge in [-0.25, -0.2) is 0 Å². The molecule has 0 aromatic rings. The lowest BCUT2D eigenvalue weighted by Crippen LogP contribution is -1.94. The second-order valence-electron chi connectivity index (χ2n) is 1.56. The molecule has 0 aromatic heterocycles. The Labute approximate surface area is 77.4 Å². The predicted molar refractivity (Wildman–Crippen MR) is 44.4 cm³/mol. The summed E-state index contributed by atoms with van der Waals surface area (Å²) in [6.07, 6.45) is 0. The van der Waals surface area contributed by atoms with E-state index in [1.165, 1.54) is 0 Å². The Balaban J connectivity index is 3.70. The lowest BCUT2D eigenvalue weighted by molar-refractivity contribution is 0.632. The Morgan fingerprint density at radius 1 is 1.17 bits per heavy atom. The van der Waals surface area contributed by atoms with Gasteiger partial charge in [-0.3, -0.25) is 0 Å². The van der Waals surface area contributed by atoms with Crippen molar-refractivity contribution in [2.75, 3.05) is 0 Å². The summed E-state index contributed by atoms with van der Waals surface area (Å²) in [6, 6.07) is 0.